The van der Waals surface area contributed by atoms with E-state index >= 15 is 0 Å². The van der Waals surface area contributed by atoms with Gasteiger partial charge in [-0.25, -0.2) is 0 Å². The van der Waals surface area contributed by atoms with Crippen molar-refractivity contribution in [3.63, 3.8) is 0 Å². The fourth-order valence-corrected chi connectivity index (χ4v) is 3.16. The number of rotatable bonds is 3. The van der Waals surface area contributed by atoms with E-state index in [-0.39, 0.29) is 23.9 Å². The highest BCUT2D eigenvalue weighted by molar-refractivity contribution is 6.35. The lowest BCUT2D eigenvalue weighted by Gasteiger charge is -2.20. The Labute approximate surface area is 144 Å². The molecule has 0 N–H and O–H groups in total. The molecule has 0 spiro atoms. The van der Waals surface area contributed by atoms with Gasteiger partial charge in [0.05, 0.1) is 11.4 Å². The molecule has 23 heavy (non-hydrogen) atoms. The van der Waals surface area contributed by atoms with Gasteiger partial charge in [-0.05, 0) is 41.8 Å². The second-order valence-electron chi connectivity index (χ2n) is 5.61. The Bertz CT molecular complexity index is 737. The van der Waals surface area contributed by atoms with E-state index in [1.54, 1.807) is 18.2 Å². The van der Waals surface area contributed by atoms with Gasteiger partial charge in [0.1, 0.15) is 23.1 Å². The first-order valence-electron chi connectivity index (χ1n) is 7.27. The number of carbonyl (C=O) groups excluding carboxylic acids is 2. The first-order valence-corrected chi connectivity index (χ1v) is 8.03. The molecule has 3 nitrogen and oxygen atoms in total. The lowest BCUT2D eigenvalue weighted by atomic mass is 9.83. The molecule has 0 aromatic heterocycles. The zero-order valence-corrected chi connectivity index (χ0v) is 13.7. The molecule has 1 aliphatic rings. The molecular formula is C18H14Cl2O3. The van der Waals surface area contributed by atoms with E-state index < -0.39 is 0 Å². The molecule has 0 unspecified atom stereocenters. The summed E-state index contributed by atoms with van der Waals surface area (Å²) in [4.78, 5) is 23.1. The van der Waals surface area contributed by atoms with Crippen LogP contribution in [0.3, 0.4) is 0 Å². The lowest BCUT2D eigenvalue weighted by Crippen LogP contribution is -2.21. The Morgan fingerprint density at radius 3 is 2.17 bits per heavy atom. The molecular weight excluding hydrogens is 335 g/mol. The summed E-state index contributed by atoms with van der Waals surface area (Å²) in [6.45, 7) is 0. The minimum atomic E-state index is -0.0306. The third-order valence-corrected chi connectivity index (χ3v) is 4.35. The zero-order chi connectivity index (χ0) is 16.4. The van der Waals surface area contributed by atoms with Crippen molar-refractivity contribution in [3.05, 3.63) is 58.1 Å². The van der Waals surface area contributed by atoms with Crippen LogP contribution < -0.4 is 4.74 Å². The Hall–Kier alpha value is -1.84. The van der Waals surface area contributed by atoms with E-state index in [4.69, 9.17) is 27.9 Å². The van der Waals surface area contributed by atoms with E-state index in [2.05, 4.69) is 0 Å². The largest absolute Gasteiger partial charge is 0.456 e. The molecule has 1 saturated carbocycles. The summed E-state index contributed by atoms with van der Waals surface area (Å²) in [6.07, 6.45) is 0.927. The van der Waals surface area contributed by atoms with Crippen LogP contribution in [0, 0.1) is 0 Å². The van der Waals surface area contributed by atoms with Gasteiger partial charge < -0.3 is 4.74 Å². The van der Waals surface area contributed by atoms with Crippen LogP contribution in [-0.4, -0.2) is 11.6 Å². The standard InChI is InChI=1S/C18H14Cl2O3/c19-13-3-6-18(17(20)9-13)23-16-4-1-11(2-5-16)12-7-14(21)10-15(22)8-12/h1-6,9,12H,7-8,10H2. The van der Waals surface area contributed by atoms with Crippen molar-refractivity contribution in [2.75, 3.05) is 0 Å². The van der Waals surface area contributed by atoms with Crippen LogP contribution in [0.2, 0.25) is 10.0 Å². The average molecular weight is 349 g/mol. The molecule has 2 aromatic carbocycles. The van der Waals surface area contributed by atoms with Crippen LogP contribution in [0.5, 0.6) is 11.5 Å². The molecule has 2 aromatic rings. The molecule has 1 fully saturated rings. The van der Waals surface area contributed by atoms with Crippen molar-refractivity contribution in [1.29, 1.82) is 0 Å². The fourth-order valence-electron chi connectivity index (χ4n) is 2.71. The van der Waals surface area contributed by atoms with Crippen molar-refractivity contribution in [2.45, 2.75) is 25.2 Å². The molecule has 0 heterocycles. The minimum absolute atomic E-state index is 0.0134. The highest BCUT2D eigenvalue weighted by Gasteiger charge is 2.26. The number of Topliss-reactive ketones (excluding diaryl/α,β-unsaturated/α-hetero) is 2. The quantitative estimate of drug-likeness (QED) is 0.716. The maximum atomic E-state index is 11.6. The SMILES string of the molecule is O=C1CC(=O)CC(c2ccc(Oc3ccc(Cl)cc3Cl)cc2)C1. The minimum Gasteiger partial charge on any atom is -0.456 e. The molecule has 0 saturated heterocycles. The van der Waals surface area contributed by atoms with Gasteiger partial charge >= 0.3 is 0 Å². The number of hydrogen-bond donors (Lipinski definition) is 0. The molecule has 118 valence electrons. The highest BCUT2D eigenvalue weighted by atomic mass is 35.5. The second-order valence-corrected chi connectivity index (χ2v) is 6.45. The third-order valence-electron chi connectivity index (χ3n) is 3.82. The van der Waals surface area contributed by atoms with Gasteiger partial charge in [0.25, 0.3) is 0 Å². The molecule has 0 amide bonds. The van der Waals surface area contributed by atoms with Crippen molar-refractivity contribution >= 4 is 34.8 Å². The van der Waals surface area contributed by atoms with Crippen molar-refractivity contribution in [3.8, 4) is 11.5 Å². The van der Waals surface area contributed by atoms with Crippen molar-refractivity contribution in [2.24, 2.45) is 0 Å². The van der Waals surface area contributed by atoms with Gasteiger partial charge in [-0.2, -0.15) is 0 Å². The topological polar surface area (TPSA) is 43.4 Å². The number of halogens is 2. The van der Waals surface area contributed by atoms with E-state index in [1.807, 2.05) is 24.3 Å². The summed E-state index contributed by atoms with van der Waals surface area (Å²) in [5.74, 6) is 1.15. The number of benzene rings is 2. The fraction of sp³-hybridized carbons (Fsp3) is 0.222. The van der Waals surface area contributed by atoms with Crippen LogP contribution in [0.4, 0.5) is 0 Å². The first-order chi connectivity index (χ1) is 11.0. The molecule has 0 atom stereocenters. The summed E-state index contributed by atoms with van der Waals surface area (Å²) in [5.41, 5.74) is 0.973. The van der Waals surface area contributed by atoms with Gasteiger partial charge in [-0.3, -0.25) is 9.59 Å². The van der Waals surface area contributed by atoms with E-state index in [9.17, 15) is 9.59 Å². The number of ether oxygens (including phenoxy) is 1. The zero-order valence-electron chi connectivity index (χ0n) is 12.2. The van der Waals surface area contributed by atoms with Crippen LogP contribution in [0.15, 0.2) is 42.5 Å². The smallest absolute Gasteiger partial charge is 0.146 e. The van der Waals surface area contributed by atoms with Crippen LogP contribution in [0.1, 0.15) is 30.7 Å². The van der Waals surface area contributed by atoms with Crippen LogP contribution in [-0.2, 0) is 9.59 Å². The summed E-state index contributed by atoms with van der Waals surface area (Å²) in [5, 5.41) is 0.981. The predicted octanol–water partition coefficient (Wildman–Crippen LogP) is 5.19. The maximum absolute atomic E-state index is 11.6. The Morgan fingerprint density at radius 1 is 0.913 bits per heavy atom. The van der Waals surface area contributed by atoms with Gasteiger partial charge in [0.15, 0.2) is 0 Å². The second kappa shape index (κ2) is 6.73. The number of ketones is 2. The van der Waals surface area contributed by atoms with Crippen molar-refractivity contribution in [1.82, 2.24) is 0 Å². The number of carbonyl (C=O) groups is 2. The lowest BCUT2D eigenvalue weighted by molar-refractivity contribution is -0.130. The van der Waals surface area contributed by atoms with Gasteiger partial charge in [0, 0.05) is 17.9 Å². The Balaban J connectivity index is 1.74. The predicted molar refractivity (Wildman–Crippen MR) is 89.6 cm³/mol. The van der Waals surface area contributed by atoms with Gasteiger partial charge in [-0.15, -0.1) is 0 Å². The Morgan fingerprint density at radius 2 is 1.57 bits per heavy atom. The maximum Gasteiger partial charge on any atom is 0.146 e. The van der Waals surface area contributed by atoms with Crippen molar-refractivity contribution < 1.29 is 14.3 Å². The molecule has 3 rings (SSSR count). The summed E-state index contributed by atoms with van der Waals surface area (Å²) < 4.78 is 5.72. The average Bonchev–Trinajstić information content (AvgIpc) is 2.50. The van der Waals surface area contributed by atoms with E-state index in [0.29, 0.717) is 34.4 Å². The van der Waals surface area contributed by atoms with Gasteiger partial charge in [0.2, 0.25) is 0 Å². The molecule has 0 aliphatic heterocycles. The first kappa shape index (κ1) is 16.0. The monoisotopic (exact) mass is 348 g/mol. The third kappa shape index (κ3) is 3.92. The van der Waals surface area contributed by atoms with E-state index in [0.717, 1.165) is 5.56 Å². The van der Waals surface area contributed by atoms with Crippen LogP contribution >= 0.6 is 23.2 Å². The highest BCUT2D eigenvalue weighted by Crippen LogP contribution is 2.34. The van der Waals surface area contributed by atoms with Gasteiger partial charge in [-0.1, -0.05) is 35.3 Å². The molecule has 5 heteroatoms. The van der Waals surface area contributed by atoms with Crippen LogP contribution in [0.25, 0.3) is 0 Å². The summed E-state index contributed by atoms with van der Waals surface area (Å²) in [6, 6.07) is 12.4. The summed E-state index contributed by atoms with van der Waals surface area (Å²) >= 11 is 11.9. The normalized spacial score (nSPS) is 15.7. The molecule has 0 radical (unpaired) electrons. The number of hydrogen-bond acceptors (Lipinski definition) is 3. The molecule has 1 aliphatic carbocycles. The summed E-state index contributed by atoms with van der Waals surface area (Å²) in [7, 11) is 0. The Kier molecular flexibility index (Phi) is 4.69. The molecule has 0 bridgehead atoms. The van der Waals surface area contributed by atoms with E-state index in [1.165, 1.54) is 0 Å².